The maximum atomic E-state index is 12.1. The molecule has 100 valence electrons. The molecule has 1 rings (SSSR count). The zero-order valence-electron chi connectivity index (χ0n) is 12.0. The van der Waals surface area contributed by atoms with Gasteiger partial charge in [-0.15, -0.1) is 0 Å². The molecule has 0 aliphatic carbocycles. The number of rotatable bonds is 4. The molecule has 1 aromatic carbocycles. The van der Waals surface area contributed by atoms with Crippen LogP contribution in [-0.2, 0) is 0 Å². The van der Waals surface area contributed by atoms with E-state index in [1.54, 1.807) is 6.07 Å². The van der Waals surface area contributed by atoms with Crippen molar-refractivity contribution >= 4 is 11.6 Å². The van der Waals surface area contributed by atoms with Crippen LogP contribution in [0.25, 0.3) is 0 Å². The van der Waals surface area contributed by atoms with Gasteiger partial charge in [0.1, 0.15) is 0 Å². The Labute approximate surface area is 110 Å². The van der Waals surface area contributed by atoms with Gasteiger partial charge in [-0.05, 0) is 42.9 Å². The van der Waals surface area contributed by atoms with Crippen molar-refractivity contribution in [2.45, 2.75) is 34.6 Å². The van der Waals surface area contributed by atoms with E-state index in [1.165, 1.54) is 0 Å². The molecular formula is C15H24N2O. The first-order valence-electron chi connectivity index (χ1n) is 6.47. The second kappa shape index (κ2) is 5.89. The van der Waals surface area contributed by atoms with Gasteiger partial charge >= 0.3 is 0 Å². The van der Waals surface area contributed by atoms with Crippen molar-refractivity contribution in [3.63, 3.8) is 0 Å². The molecule has 0 aliphatic rings. The van der Waals surface area contributed by atoms with Gasteiger partial charge in [0.2, 0.25) is 0 Å². The van der Waals surface area contributed by atoms with Gasteiger partial charge in [0.05, 0.1) is 0 Å². The van der Waals surface area contributed by atoms with Crippen LogP contribution in [-0.4, -0.2) is 12.5 Å². The molecule has 0 bridgehead atoms. The second-order valence-electron chi connectivity index (χ2n) is 5.46. The predicted molar refractivity (Wildman–Crippen MR) is 76.7 cm³/mol. The highest BCUT2D eigenvalue weighted by atomic mass is 16.1. The van der Waals surface area contributed by atoms with E-state index in [2.05, 4.69) is 26.1 Å². The Morgan fingerprint density at radius 1 is 1.22 bits per heavy atom. The molecule has 3 nitrogen and oxygen atoms in total. The number of nitrogens with two attached hydrogens (primary N) is 1. The van der Waals surface area contributed by atoms with Crippen molar-refractivity contribution in [1.82, 2.24) is 5.32 Å². The number of aryl methyl sites for hydroxylation is 2. The van der Waals surface area contributed by atoms with Gasteiger partial charge in [-0.1, -0.05) is 26.8 Å². The third-order valence-electron chi connectivity index (χ3n) is 3.58. The van der Waals surface area contributed by atoms with E-state index in [-0.39, 0.29) is 5.91 Å². The molecule has 0 heterocycles. The van der Waals surface area contributed by atoms with E-state index in [0.29, 0.717) is 29.6 Å². The first-order valence-corrected chi connectivity index (χ1v) is 6.47. The van der Waals surface area contributed by atoms with Crippen LogP contribution in [0.1, 0.15) is 42.3 Å². The van der Waals surface area contributed by atoms with Crippen molar-refractivity contribution in [2.24, 2.45) is 11.8 Å². The van der Waals surface area contributed by atoms with Crippen LogP contribution in [0.5, 0.6) is 0 Å². The Kier molecular flexibility index (Phi) is 4.76. The second-order valence-corrected chi connectivity index (χ2v) is 5.46. The average molecular weight is 248 g/mol. The Balaban J connectivity index is 2.76. The van der Waals surface area contributed by atoms with Crippen LogP contribution in [0.4, 0.5) is 5.69 Å². The normalized spacial score (nSPS) is 12.6. The first kappa shape index (κ1) is 14.6. The van der Waals surface area contributed by atoms with Gasteiger partial charge in [-0.2, -0.15) is 0 Å². The van der Waals surface area contributed by atoms with E-state index in [4.69, 9.17) is 5.73 Å². The molecule has 0 fully saturated rings. The fourth-order valence-corrected chi connectivity index (χ4v) is 1.70. The molecule has 0 saturated carbocycles. The molecule has 1 unspecified atom stereocenters. The largest absolute Gasteiger partial charge is 0.398 e. The quantitative estimate of drug-likeness (QED) is 0.805. The summed E-state index contributed by atoms with van der Waals surface area (Å²) in [5.74, 6) is 0.998. The van der Waals surface area contributed by atoms with Gasteiger partial charge in [0, 0.05) is 17.8 Å². The van der Waals surface area contributed by atoms with Crippen LogP contribution in [0.2, 0.25) is 0 Å². The van der Waals surface area contributed by atoms with Crippen LogP contribution < -0.4 is 11.1 Å². The van der Waals surface area contributed by atoms with Crippen molar-refractivity contribution in [3.8, 4) is 0 Å². The number of amides is 1. The highest BCUT2D eigenvalue weighted by Crippen LogP contribution is 2.18. The summed E-state index contributed by atoms with van der Waals surface area (Å²) in [7, 11) is 0. The van der Waals surface area contributed by atoms with Crippen LogP contribution in [0.3, 0.4) is 0 Å². The summed E-state index contributed by atoms with van der Waals surface area (Å²) in [4.78, 5) is 12.1. The molecule has 1 atom stereocenters. The molecule has 1 amide bonds. The maximum absolute atomic E-state index is 12.1. The van der Waals surface area contributed by atoms with Crippen LogP contribution in [0.15, 0.2) is 12.1 Å². The van der Waals surface area contributed by atoms with Crippen molar-refractivity contribution in [1.29, 1.82) is 0 Å². The molecule has 3 N–H and O–H groups in total. The number of nitrogen functional groups attached to an aromatic ring is 1. The molecule has 18 heavy (non-hydrogen) atoms. The molecule has 0 aliphatic heterocycles. The number of benzene rings is 1. The SMILES string of the molecule is Cc1cc(C)c(C(=O)NCC(C)C(C)C)cc1N. The lowest BCUT2D eigenvalue weighted by Gasteiger charge is -2.17. The summed E-state index contributed by atoms with van der Waals surface area (Å²) in [6.07, 6.45) is 0. The Hall–Kier alpha value is -1.51. The highest BCUT2D eigenvalue weighted by Gasteiger charge is 2.13. The van der Waals surface area contributed by atoms with E-state index >= 15 is 0 Å². The van der Waals surface area contributed by atoms with Crippen LogP contribution >= 0.6 is 0 Å². The Morgan fingerprint density at radius 3 is 2.39 bits per heavy atom. The summed E-state index contributed by atoms with van der Waals surface area (Å²) in [5.41, 5.74) is 9.18. The smallest absolute Gasteiger partial charge is 0.251 e. The Morgan fingerprint density at radius 2 is 1.83 bits per heavy atom. The topological polar surface area (TPSA) is 55.1 Å². The van der Waals surface area contributed by atoms with E-state index in [0.717, 1.165) is 11.1 Å². The van der Waals surface area contributed by atoms with Gasteiger partial charge < -0.3 is 11.1 Å². The monoisotopic (exact) mass is 248 g/mol. The number of carbonyl (C=O) groups excluding carboxylic acids is 1. The summed E-state index contributed by atoms with van der Waals surface area (Å²) in [6.45, 7) is 11.0. The minimum absolute atomic E-state index is 0.0355. The number of nitrogens with one attached hydrogen (secondary N) is 1. The average Bonchev–Trinajstić information content (AvgIpc) is 2.30. The fourth-order valence-electron chi connectivity index (χ4n) is 1.70. The van der Waals surface area contributed by atoms with Gasteiger partial charge in [0.25, 0.3) is 5.91 Å². The van der Waals surface area contributed by atoms with Crippen LogP contribution in [0, 0.1) is 25.7 Å². The lowest BCUT2D eigenvalue weighted by molar-refractivity contribution is 0.0944. The van der Waals surface area contributed by atoms with Gasteiger partial charge in [-0.25, -0.2) is 0 Å². The van der Waals surface area contributed by atoms with E-state index in [1.807, 2.05) is 19.9 Å². The fraction of sp³-hybridized carbons (Fsp3) is 0.533. The molecule has 0 radical (unpaired) electrons. The summed E-state index contributed by atoms with van der Waals surface area (Å²) in [6, 6.07) is 3.72. The standard InChI is InChI=1S/C15H24N2O/c1-9(2)12(5)8-17-15(18)13-7-14(16)11(4)6-10(13)3/h6-7,9,12H,8,16H2,1-5H3,(H,17,18). The minimum Gasteiger partial charge on any atom is -0.398 e. The van der Waals surface area contributed by atoms with Gasteiger partial charge in [-0.3, -0.25) is 4.79 Å². The van der Waals surface area contributed by atoms with Crippen molar-refractivity contribution in [2.75, 3.05) is 12.3 Å². The number of hydrogen-bond acceptors (Lipinski definition) is 2. The number of hydrogen-bond donors (Lipinski definition) is 2. The van der Waals surface area contributed by atoms with Crippen molar-refractivity contribution in [3.05, 3.63) is 28.8 Å². The molecule has 0 saturated heterocycles. The van der Waals surface area contributed by atoms with Gasteiger partial charge in [0.15, 0.2) is 0 Å². The molecule has 3 heteroatoms. The molecular weight excluding hydrogens is 224 g/mol. The lowest BCUT2D eigenvalue weighted by atomic mass is 9.98. The number of carbonyl (C=O) groups is 1. The third kappa shape index (κ3) is 3.49. The van der Waals surface area contributed by atoms with Crippen molar-refractivity contribution < 1.29 is 4.79 Å². The zero-order chi connectivity index (χ0) is 13.9. The van der Waals surface area contributed by atoms with E-state index < -0.39 is 0 Å². The zero-order valence-corrected chi connectivity index (χ0v) is 12.0. The summed E-state index contributed by atoms with van der Waals surface area (Å²) < 4.78 is 0. The lowest BCUT2D eigenvalue weighted by Crippen LogP contribution is -2.30. The predicted octanol–water partition coefficient (Wildman–Crippen LogP) is 2.91. The number of anilines is 1. The molecule has 0 aromatic heterocycles. The van der Waals surface area contributed by atoms with E-state index in [9.17, 15) is 4.79 Å². The maximum Gasteiger partial charge on any atom is 0.251 e. The third-order valence-corrected chi connectivity index (χ3v) is 3.58. The molecule has 1 aromatic rings. The summed E-state index contributed by atoms with van der Waals surface area (Å²) in [5, 5.41) is 2.97. The first-order chi connectivity index (χ1) is 8.32. The minimum atomic E-state index is -0.0355. The summed E-state index contributed by atoms with van der Waals surface area (Å²) >= 11 is 0. The molecule has 0 spiro atoms. The highest BCUT2D eigenvalue weighted by molar-refractivity contribution is 5.96. The Bertz CT molecular complexity index is 438.